The number of hydrogen-bond donors (Lipinski definition) is 2. The number of nitrogens with zero attached hydrogens (tertiary/aromatic N) is 2. The average molecular weight is 577 g/mol. The third kappa shape index (κ3) is 8.60. The molecule has 2 heterocycles. The van der Waals surface area contributed by atoms with Gasteiger partial charge in [0, 0.05) is 5.56 Å². The van der Waals surface area contributed by atoms with Crippen LogP contribution in [0.1, 0.15) is 68.1 Å². The number of oxazole rings is 1. The van der Waals surface area contributed by atoms with Crippen LogP contribution in [0.5, 0.6) is 11.5 Å². The Labute approximate surface area is 234 Å². The predicted octanol–water partition coefficient (Wildman–Crippen LogP) is 5.77. The van der Waals surface area contributed by atoms with Crippen LogP contribution in [-0.2, 0) is 11.3 Å². The molecule has 0 bridgehead atoms. The van der Waals surface area contributed by atoms with Gasteiger partial charge in [-0.2, -0.15) is 8.78 Å². The molecule has 3 aromatic rings. The lowest BCUT2D eigenvalue weighted by molar-refractivity contribution is -0.0515. The summed E-state index contributed by atoms with van der Waals surface area (Å²) in [5.41, 5.74) is 5.43. The molecule has 3 N–H and O–H groups in total. The number of primary amides is 1. The molecule has 1 aliphatic carbocycles. The van der Waals surface area contributed by atoms with Crippen molar-refractivity contribution in [1.29, 1.82) is 0 Å². The van der Waals surface area contributed by atoms with Crippen molar-refractivity contribution >= 4 is 12.0 Å². The van der Waals surface area contributed by atoms with Crippen LogP contribution in [0.2, 0.25) is 0 Å². The first-order valence-corrected chi connectivity index (χ1v) is 13.0. The number of amides is 2. The van der Waals surface area contributed by atoms with E-state index in [0.717, 1.165) is 19.0 Å². The quantitative estimate of drug-likeness (QED) is 0.277. The molecule has 1 aromatic carbocycles. The highest BCUT2D eigenvalue weighted by Crippen LogP contribution is 2.39. The van der Waals surface area contributed by atoms with Crippen LogP contribution >= 0.6 is 0 Å². The van der Waals surface area contributed by atoms with Crippen molar-refractivity contribution in [2.24, 2.45) is 17.1 Å². The van der Waals surface area contributed by atoms with E-state index in [-0.39, 0.29) is 41.8 Å². The lowest BCUT2D eigenvalue weighted by Crippen LogP contribution is -2.27. The van der Waals surface area contributed by atoms with Crippen molar-refractivity contribution in [2.45, 2.75) is 59.3 Å². The van der Waals surface area contributed by atoms with E-state index in [4.69, 9.17) is 19.6 Å². The summed E-state index contributed by atoms with van der Waals surface area (Å²) >= 11 is 0. The Kier molecular flexibility index (Phi) is 9.04. The average Bonchev–Trinajstić information content (AvgIpc) is 3.61. The topological polar surface area (TPSA) is 139 Å². The Balaban J connectivity index is 1.71. The van der Waals surface area contributed by atoms with Crippen molar-refractivity contribution in [3.05, 3.63) is 59.5 Å². The second-order valence-corrected chi connectivity index (χ2v) is 10.9. The van der Waals surface area contributed by atoms with Crippen molar-refractivity contribution in [3.8, 4) is 23.0 Å². The van der Waals surface area contributed by atoms with Crippen LogP contribution in [0, 0.1) is 17.2 Å². The van der Waals surface area contributed by atoms with Crippen molar-refractivity contribution in [1.82, 2.24) is 15.3 Å². The summed E-state index contributed by atoms with van der Waals surface area (Å²) in [7, 11) is 0. The highest BCUT2D eigenvalue weighted by atomic mass is 19.3. The van der Waals surface area contributed by atoms with Gasteiger partial charge in [0.25, 0.3) is 5.91 Å². The molecule has 1 atom stereocenters. The largest absolute Gasteiger partial charge is 0.489 e. The minimum absolute atomic E-state index is 0.0554. The number of halogens is 3. The van der Waals surface area contributed by atoms with E-state index in [2.05, 4.69) is 20.0 Å². The minimum Gasteiger partial charge on any atom is -0.489 e. The highest BCUT2D eigenvalue weighted by Gasteiger charge is 2.33. The number of hydrogen-bond acceptors (Lipinski definition) is 8. The fourth-order valence-corrected chi connectivity index (χ4v) is 3.93. The molecule has 13 heteroatoms. The first-order chi connectivity index (χ1) is 19.4. The molecular formula is C28H31F3N4O6. The SMILES string of the molecule is CC(C)(C)CC(OC(N)=O)c1oc(-c2ccc(OC(F)F)c(OCC3CC3)c2)nc1C(=O)NCc1ccc(F)cn1. The Bertz CT molecular complexity index is 1370. The summed E-state index contributed by atoms with van der Waals surface area (Å²) in [5, 5.41) is 2.65. The standard InChI is InChI=1S/C28H31F3N4O6/c1-28(2,3)11-21(40-27(32)37)23-22(24(36)34-13-18-8-7-17(29)12-33-18)35-25(41-23)16-6-9-19(39-26(30)31)20(10-16)38-14-15-4-5-15/h6-10,12,15,21,26H,4-5,11,13-14H2,1-3H3,(H2,32,37)(H,34,36). The van der Waals surface area contributed by atoms with Crippen molar-refractivity contribution < 1.29 is 41.4 Å². The van der Waals surface area contributed by atoms with Crippen LogP contribution in [0.15, 0.2) is 40.9 Å². The Morgan fingerprint density at radius 3 is 2.54 bits per heavy atom. The smallest absolute Gasteiger partial charge is 0.405 e. The molecule has 1 unspecified atom stereocenters. The Morgan fingerprint density at radius 1 is 1.17 bits per heavy atom. The van der Waals surface area contributed by atoms with Gasteiger partial charge >= 0.3 is 12.7 Å². The van der Waals surface area contributed by atoms with Gasteiger partial charge in [0.15, 0.2) is 29.1 Å². The van der Waals surface area contributed by atoms with Gasteiger partial charge < -0.3 is 29.7 Å². The summed E-state index contributed by atoms with van der Waals surface area (Å²) in [6, 6.07) is 6.76. The number of ether oxygens (including phenoxy) is 3. The fraction of sp³-hybridized carbons (Fsp3) is 0.429. The Hall–Kier alpha value is -4.29. The van der Waals surface area contributed by atoms with Gasteiger partial charge in [-0.05, 0) is 60.9 Å². The van der Waals surface area contributed by atoms with Gasteiger partial charge in [0.1, 0.15) is 5.82 Å². The third-order valence-corrected chi connectivity index (χ3v) is 6.01. The second-order valence-electron chi connectivity index (χ2n) is 10.9. The summed E-state index contributed by atoms with van der Waals surface area (Å²) in [6.45, 7) is 2.89. The summed E-state index contributed by atoms with van der Waals surface area (Å²) in [6.07, 6.45) is 1.05. The normalized spacial score (nSPS) is 14.0. The lowest BCUT2D eigenvalue weighted by Gasteiger charge is -2.24. The molecule has 220 valence electrons. The molecule has 10 nitrogen and oxygen atoms in total. The van der Waals surface area contributed by atoms with E-state index < -0.39 is 35.9 Å². The molecule has 1 aliphatic rings. The van der Waals surface area contributed by atoms with Crippen LogP contribution in [-0.4, -0.2) is 35.2 Å². The summed E-state index contributed by atoms with van der Waals surface area (Å²) in [4.78, 5) is 33.4. The van der Waals surface area contributed by atoms with E-state index in [1.54, 1.807) is 0 Å². The van der Waals surface area contributed by atoms with Gasteiger partial charge in [-0.15, -0.1) is 0 Å². The van der Waals surface area contributed by atoms with Gasteiger partial charge in [-0.3, -0.25) is 9.78 Å². The predicted molar refractivity (Wildman–Crippen MR) is 140 cm³/mol. The van der Waals surface area contributed by atoms with Crippen LogP contribution in [0.3, 0.4) is 0 Å². The Morgan fingerprint density at radius 2 is 1.93 bits per heavy atom. The lowest BCUT2D eigenvalue weighted by atomic mass is 9.88. The van der Waals surface area contributed by atoms with Gasteiger partial charge in [0.05, 0.1) is 25.0 Å². The van der Waals surface area contributed by atoms with E-state index >= 15 is 0 Å². The molecule has 41 heavy (non-hydrogen) atoms. The number of nitrogens with two attached hydrogens (primary N) is 1. The number of pyridine rings is 1. The molecule has 0 radical (unpaired) electrons. The summed E-state index contributed by atoms with van der Waals surface area (Å²) in [5.74, 6) is -1.10. The number of nitrogens with one attached hydrogen (secondary N) is 1. The zero-order valence-electron chi connectivity index (χ0n) is 22.8. The summed E-state index contributed by atoms with van der Waals surface area (Å²) < 4.78 is 60.9. The fourth-order valence-electron chi connectivity index (χ4n) is 3.93. The van der Waals surface area contributed by atoms with Crippen molar-refractivity contribution in [2.75, 3.05) is 6.61 Å². The molecule has 0 spiro atoms. The molecule has 1 saturated carbocycles. The van der Waals surface area contributed by atoms with Crippen LogP contribution in [0.25, 0.3) is 11.5 Å². The van der Waals surface area contributed by atoms with Crippen molar-refractivity contribution in [3.63, 3.8) is 0 Å². The van der Waals surface area contributed by atoms with E-state index in [1.165, 1.54) is 30.3 Å². The first-order valence-electron chi connectivity index (χ1n) is 13.0. The van der Waals surface area contributed by atoms with Gasteiger partial charge in [-0.25, -0.2) is 14.2 Å². The molecule has 2 amide bonds. The van der Waals surface area contributed by atoms with E-state index in [0.29, 0.717) is 23.8 Å². The van der Waals surface area contributed by atoms with E-state index in [9.17, 15) is 22.8 Å². The number of carbonyl (C=O) groups is 2. The third-order valence-electron chi connectivity index (χ3n) is 6.01. The minimum atomic E-state index is -3.06. The maximum absolute atomic E-state index is 13.3. The maximum atomic E-state index is 13.3. The zero-order valence-corrected chi connectivity index (χ0v) is 22.8. The molecule has 0 aliphatic heterocycles. The number of alkyl halides is 2. The second kappa shape index (κ2) is 12.5. The monoisotopic (exact) mass is 576 g/mol. The molecule has 0 saturated heterocycles. The van der Waals surface area contributed by atoms with E-state index in [1.807, 2.05) is 20.8 Å². The number of aromatic nitrogens is 2. The molecular weight excluding hydrogens is 545 g/mol. The number of benzene rings is 1. The first kappa shape index (κ1) is 29.7. The van der Waals surface area contributed by atoms with Crippen LogP contribution < -0.4 is 20.5 Å². The number of carbonyl (C=O) groups excluding carboxylic acids is 2. The highest BCUT2D eigenvalue weighted by molar-refractivity contribution is 5.94. The molecule has 2 aromatic heterocycles. The molecule has 1 fully saturated rings. The van der Waals surface area contributed by atoms with Crippen LogP contribution in [0.4, 0.5) is 18.0 Å². The molecule has 4 rings (SSSR count). The van der Waals surface area contributed by atoms with Gasteiger partial charge in [0.2, 0.25) is 5.89 Å². The number of rotatable bonds is 12. The zero-order chi connectivity index (χ0) is 29.7. The van der Waals surface area contributed by atoms with Gasteiger partial charge in [-0.1, -0.05) is 20.8 Å². The maximum Gasteiger partial charge on any atom is 0.405 e.